The van der Waals surface area contributed by atoms with Crippen LogP contribution in [0.25, 0.3) is 0 Å². The highest BCUT2D eigenvalue weighted by molar-refractivity contribution is 6.03. The summed E-state index contributed by atoms with van der Waals surface area (Å²) < 4.78 is 15.7. The van der Waals surface area contributed by atoms with Crippen molar-refractivity contribution in [3.63, 3.8) is 0 Å². The Balaban J connectivity index is 2.04. The zero-order chi connectivity index (χ0) is 18.2. The highest BCUT2D eigenvalue weighted by Gasteiger charge is 2.28. The minimum absolute atomic E-state index is 0.0450. The molecule has 136 valence electrons. The fourth-order valence-corrected chi connectivity index (χ4v) is 2.39. The van der Waals surface area contributed by atoms with Gasteiger partial charge in [0.1, 0.15) is 18.9 Å². The second kappa shape index (κ2) is 9.17. The molecule has 7 nitrogen and oxygen atoms in total. The predicted molar refractivity (Wildman–Crippen MR) is 91.0 cm³/mol. The average Bonchev–Trinajstić information content (AvgIpc) is 2.62. The summed E-state index contributed by atoms with van der Waals surface area (Å²) in [6.07, 6.45) is 1.25. The summed E-state index contributed by atoms with van der Waals surface area (Å²) in [5.41, 5.74) is 0.889. The van der Waals surface area contributed by atoms with E-state index in [4.69, 9.17) is 14.2 Å². The lowest BCUT2D eigenvalue weighted by Gasteiger charge is -2.29. The first-order chi connectivity index (χ1) is 12.1. The van der Waals surface area contributed by atoms with E-state index in [1.807, 2.05) is 6.92 Å². The molecule has 2 rings (SSSR count). The third kappa shape index (κ3) is 5.03. The minimum Gasteiger partial charge on any atom is -0.482 e. The summed E-state index contributed by atoms with van der Waals surface area (Å²) in [7, 11) is 0. The maximum atomic E-state index is 12.1. The van der Waals surface area contributed by atoms with E-state index in [1.165, 1.54) is 4.90 Å². The first-order valence-electron chi connectivity index (χ1n) is 8.40. The molecule has 0 spiro atoms. The lowest BCUT2D eigenvalue weighted by Crippen LogP contribution is -2.42. The summed E-state index contributed by atoms with van der Waals surface area (Å²) in [6, 6.07) is 4.87. The quantitative estimate of drug-likeness (QED) is 0.385. The molecule has 1 heterocycles. The number of esters is 1. The molecule has 0 atom stereocenters. The summed E-state index contributed by atoms with van der Waals surface area (Å²) in [5.74, 6) is -0.468. The second-order valence-electron chi connectivity index (χ2n) is 5.56. The van der Waals surface area contributed by atoms with Gasteiger partial charge in [0.15, 0.2) is 12.4 Å². The number of rotatable bonds is 9. The zero-order valence-electron chi connectivity index (χ0n) is 14.6. The highest BCUT2D eigenvalue weighted by atomic mass is 16.6. The van der Waals surface area contributed by atoms with Crippen molar-refractivity contribution in [2.24, 2.45) is 0 Å². The smallest absolute Gasteiger partial charge is 0.326 e. The van der Waals surface area contributed by atoms with E-state index >= 15 is 0 Å². The molecule has 0 saturated heterocycles. The molecule has 0 fully saturated rings. The van der Waals surface area contributed by atoms with Gasteiger partial charge in [-0.2, -0.15) is 0 Å². The van der Waals surface area contributed by atoms with Crippen LogP contribution in [0.15, 0.2) is 18.2 Å². The van der Waals surface area contributed by atoms with Crippen molar-refractivity contribution in [1.29, 1.82) is 0 Å². The molecule has 1 aliphatic heterocycles. The lowest BCUT2D eigenvalue weighted by atomic mass is 10.1. The maximum absolute atomic E-state index is 12.1. The molecule has 1 amide bonds. The predicted octanol–water partition coefficient (Wildman–Crippen LogP) is 1.97. The fraction of sp³-hybridized carbons (Fsp3) is 0.500. The highest BCUT2D eigenvalue weighted by Crippen LogP contribution is 2.33. The summed E-state index contributed by atoms with van der Waals surface area (Å²) in [4.78, 5) is 37.3. The Labute approximate surface area is 146 Å². The number of anilines is 1. The van der Waals surface area contributed by atoms with Crippen molar-refractivity contribution in [1.82, 2.24) is 0 Å². The van der Waals surface area contributed by atoms with Gasteiger partial charge in [0.2, 0.25) is 0 Å². The van der Waals surface area contributed by atoms with Crippen LogP contribution in [0.3, 0.4) is 0 Å². The Morgan fingerprint density at radius 2 is 2.00 bits per heavy atom. The van der Waals surface area contributed by atoms with Crippen molar-refractivity contribution in [2.75, 3.05) is 37.9 Å². The van der Waals surface area contributed by atoms with E-state index in [1.54, 1.807) is 25.1 Å². The Morgan fingerprint density at radius 3 is 2.72 bits per heavy atom. The molecule has 0 unspecified atom stereocenters. The Hall–Kier alpha value is -2.41. The Kier molecular flexibility index (Phi) is 6.94. The number of benzene rings is 1. The normalized spacial score (nSPS) is 13.2. The molecule has 25 heavy (non-hydrogen) atoms. The average molecular weight is 349 g/mol. The molecular formula is C18H23NO6. The number of ketones is 1. The van der Waals surface area contributed by atoms with Gasteiger partial charge < -0.3 is 14.2 Å². The third-order valence-electron chi connectivity index (χ3n) is 3.67. The van der Waals surface area contributed by atoms with Crippen molar-refractivity contribution in [2.45, 2.75) is 26.7 Å². The fourth-order valence-electron chi connectivity index (χ4n) is 2.39. The molecule has 0 bridgehead atoms. The molecule has 1 aromatic carbocycles. The molecule has 0 aliphatic carbocycles. The van der Waals surface area contributed by atoms with Gasteiger partial charge in [-0.3, -0.25) is 19.3 Å². The van der Waals surface area contributed by atoms with E-state index in [-0.39, 0.29) is 31.4 Å². The van der Waals surface area contributed by atoms with Crippen molar-refractivity contribution in [3.05, 3.63) is 23.8 Å². The van der Waals surface area contributed by atoms with Gasteiger partial charge in [0.05, 0.1) is 12.3 Å². The Bertz CT molecular complexity index is 642. The molecule has 0 N–H and O–H groups in total. The van der Waals surface area contributed by atoms with Crippen LogP contribution >= 0.6 is 0 Å². The third-order valence-corrected chi connectivity index (χ3v) is 3.67. The summed E-state index contributed by atoms with van der Waals surface area (Å²) in [5, 5.41) is 0. The molecule has 1 aliphatic rings. The molecule has 7 heteroatoms. The number of hydrogen-bond donors (Lipinski definition) is 0. The first kappa shape index (κ1) is 18.9. The van der Waals surface area contributed by atoms with Gasteiger partial charge in [0, 0.05) is 18.6 Å². The largest absolute Gasteiger partial charge is 0.482 e. The topological polar surface area (TPSA) is 82.1 Å². The lowest BCUT2D eigenvalue weighted by molar-refractivity contribution is -0.144. The van der Waals surface area contributed by atoms with Gasteiger partial charge in [-0.15, -0.1) is 0 Å². The van der Waals surface area contributed by atoms with E-state index in [9.17, 15) is 14.4 Å². The van der Waals surface area contributed by atoms with Crippen LogP contribution in [0.2, 0.25) is 0 Å². The van der Waals surface area contributed by atoms with Crippen LogP contribution in [-0.4, -0.2) is 50.6 Å². The van der Waals surface area contributed by atoms with Crippen LogP contribution in [0.1, 0.15) is 37.0 Å². The number of Topliss-reactive ketones (excluding diaryl/α,β-unsaturated/α-hetero) is 1. The number of ether oxygens (including phenoxy) is 3. The van der Waals surface area contributed by atoms with Gasteiger partial charge in [-0.25, -0.2) is 0 Å². The van der Waals surface area contributed by atoms with Gasteiger partial charge >= 0.3 is 5.97 Å². The molecule has 0 saturated carbocycles. The standard InChI is InChI=1S/C18H23NO6/c1-3-7-23-8-9-24-18(22)11-19-14-10-13(15(20)4-2)5-6-16(14)25-12-17(19)21/h5-6,10H,3-4,7-9,11-12H2,1-2H3. The van der Waals surface area contributed by atoms with E-state index < -0.39 is 5.97 Å². The van der Waals surface area contributed by atoms with Crippen LogP contribution in [-0.2, 0) is 19.1 Å². The van der Waals surface area contributed by atoms with Gasteiger partial charge in [-0.1, -0.05) is 13.8 Å². The first-order valence-corrected chi connectivity index (χ1v) is 8.40. The molecule has 0 radical (unpaired) electrons. The number of amides is 1. The van der Waals surface area contributed by atoms with Crippen molar-refractivity contribution >= 4 is 23.3 Å². The molecular weight excluding hydrogens is 326 g/mol. The number of fused-ring (bicyclic) bond motifs is 1. The van der Waals surface area contributed by atoms with Gasteiger partial charge in [0.25, 0.3) is 5.91 Å². The van der Waals surface area contributed by atoms with Crippen LogP contribution < -0.4 is 9.64 Å². The molecule has 0 aromatic heterocycles. The number of nitrogens with zero attached hydrogens (tertiary/aromatic N) is 1. The van der Waals surface area contributed by atoms with Crippen molar-refractivity contribution < 1.29 is 28.6 Å². The summed E-state index contributed by atoms with van der Waals surface area (Å²) >= 11 is 0. The number of carbonyl (C=O) groups excluding carboxylic acids is 3. The SMILES string of the molecule is CCCOCCOC(=O)CN1C(=O)COc2ccc(C(=O)CC)cc21. The number of hydrogen-bond acceptors (Lipinski definition) is 6. The zero-order valence-corrected chi connectivity index (χ0v) is 14.6. The monoisotopic (exact) mass is 349 g/mol. The van der Waals surface area contributed by atoms with Crippen molar-refractivity contribution in [3.8, 4) is 5.75 Å². The Morgan fingerprint density at radius 1 is 1.20 bits per heavy atom. The maximum Gasteiger partial charge on any atom is 0.326 e. The number of carbonyl (C=O) groups is 3. The van der Waals surface area contributed by atoms with Gasteiger partial charge in [-0.05, 0) is 24.6 Å². The molecule has 1 aromatic rings. The second-order valence-corrected chi connectivity index (χ2v) is 5.56. The van der Waals surface area contributed by atoms with Crippen LogP contribution in [0, 0.1) is 0 Å². The minimum atomic E-state index is -0.534. The summed E-state index contributed by atoms with van der Waals surface area (Å²) in [6.45, 7) is 4.44. The van der Waals surface area contributed by atoms with E-state index in [0.29, 0.717) is 36.6 Å². The van der Waals surface area contributed by atoms with Crippen LogP contribution in [0.4, 0.5) is 5.69 Å². The van der Waals surface area contributed by atoms with Crippen LogP contribution in [0.5, 0.6) is 5.75 Å². The van der Waals surface area contributed by atoms with E-state index in [0.717, 1.165) is 6.42 Å². The van der Waals surface area contributed by atoms with E-state index in [2.05, 4.69) is 0 Å².